The van der Waals surface area contributed by atoms with Gasteiger partial charge in [-0.25, -0.2) is 0 Å². The molecule has 1 unspecified atom stereocenters. The van der Waals surface area contributed by atoms with Crippen LogP contribution < -0.4 is 0 Å². The molecule has 132 valence electrons. The number of rotatable bonds is 3. The minimum Gasteiger partial charge on any atom is -0.507 e. The number of benzene rings is 2. The number of allylic oxidation sites excluding steroid dienone is 1. The van der Waals surface area contributed by atoms with Gasteiger partial charge >= 0.3 is 0 Å². The summed E-state index contributed by atoms with van der Waals surface area (Å²) in [5, 5.41) is 21.5. The van der Waals surface area contributed by atoms with Crippen LogP contribution in [0.15, 0.2) is 36.1 Å². The van der Waals surface area contributed by atoms with Crippen LogP contribution in [0.5, 0.6) is 11.5 Å². The highest BCUT2D eigenvalue weighted by Gasteiger charge is 2.33. The van der Waals surface area contributed by atoms with Gasteiger partial charge in [0.15, 0.2) is 0 Å². The zero-order chi connectivity index (χ0) is 18.3. The molecule has 0 fully saturated rings. The minimum absolute atomic E-state index is 0.140. The molecule has 1 atom stereocenters. The fourth-order valence-electron chi connectivity index (χ4n) is 3.85. The van der Waals surface area contributed by atoms with Gasteiger partial charge in [-0.1, -0.05) is 35.4 Å². The van der Waals surface area contributed by atoms with Crippen LogP contribution in [0, 0.1) is 27.7 Å². The third-order valence-electron chi connectivity index (χ3n) is 4.97. The van der Waals surface area contributed by atoms with E-state index in [0.29, 0.717) is 0 Å². The molecule has 0 bridgehead atoms. The van der Waals surface area contributed by atoms with Crippen LogP contribution in [0.1, 0.15) is 52.6 Å². The first kappa shape index (κ1) is 17.4. The predicted octanol–water partition coefficient (Wildman–Crippen LogP) is 5.16. The average molecular weight is 338 g/mol. The molecule has 25 heavy (non-hydrogen) atoms. The maximum Gasteiger partial charge on any atom is 0.122 e. The van der Waals surface area contributed by atoms with E-state index in [1.165, 1.54) is 0 Å². The molecule has 0 saturated heterocycles. The Bertz CT molecular complexity index is 791. The smallest absolute Gasteiger partial charge is 0.122 e. The molecule has 3 heteroatoms. The van der Waals surface area contributed by atoms with Gasteiger partial charge in [-0.05, 0) is 51.8 Å². The molecule has 0 saturated carbocycles. The molecule has 0 amide bonds. The van der Waals surface area contributed by atoms with Crippen LogP contribution in [0.2, 0.25) is 0 Å². The normalized spacial score (nSPS) is 16.9. The maximum atomic E-state index is 10.8. The standard InChI is InChI=1S/C22H26O3/c1-12-8-14(3)21(23)17(10-12)20(19-7-6-16(5)25-19)18-11-13(2)9-15(4)22(18)24/h6,8-11,19-20,23-24H,7H2,1-5H3. The van der Waals surface area contributed by atoms with Gasteiger partial charge in [0.2, 0.25) is 0 Å². The van der Waals surface area contributed by atoms with E-state index in [9.17, 15) is 10.2 Å². The Morgan fingerprint density at radius 1 is 0.840 bits per heavy atom. The summed E-state index contributed by atoms with van der Waals surface area (Å²) in [6.45, 7) is 9.80. The van der Waals surface area contributed by atoms with E-state index in [4.69, 9.17) is 4.74 Å². The molecular formula is C22H26O3. The van der Waals surface area contributed by atoms with Crippen molar-refractivity contribution >= 4 is 0 Å². The van der Waals surface area contributed by atoms with Gasteiger partial charge in [0.25, 0.3) is 0 Å². The second-order valence-electron chi connectivity index (χ2n) is 7.22. The van der Waals surface area contributed by atoms with Crippen molar-refractivity contribution in [1.82, 2.24) is 0 Å². The summed E-state index contributed by atoms with van der Waals surface area (Å²) in [7, 11) is 0. The van der Waals surface area contributed by atoms with Gasteiger partial charge in [-0.2, -0.15) is 0 Å². The molecule has 1 aliphatic rings. The van der Waals surface area contributed by atoms with Gasteiger partial charge in [-0.15, -0.1) is 0 Å². The first-order chi connectivity index (χ1) is 11.8. The zero-order valence-corrected chi connectivity index (χ0v) is 15.6. The molecule has 0 radical (unpaired) electrons. The lowest BCUT2D eigenvalue weighted by atomic mass is 9.82. The van der Waals surface area contributed by atoms with Crippen LogP contribution in [0.25, 0.3) is 0 Å². The lowest BCUT2D eigenvalue weighted by Gasteiger charge is -2.28. The quantitative estimate of drug-likeness (QED) is 0.813. The monoisotopic (exact) mass is 338 g/mol. The van der Waals surface area contributed by atoms with E-state index in [0.717, 1.165) is 45.6 Å². The van der Waals surface area contributed by atoms with E-state index in [2.05, 4.69) is 6.08 Å². The summed E-state index contributed by atoms with van der Waals surface area (Å²) in [5.41, 5.74) is 5.47. The van der Waals surface area contributed by atoms with E-state index in [1.54, 1.807) is 0 Å². The number of aromatic hydroxyl groups is 2. The molecular weight excluding hydrogens is 312 g/mol. The molecule has 3 nitrogen and oxygen atoms in total. The first-order valence-electron chi connectivity index (χ1n) is 8.71. The number of ether oxygens (including phenoxy) is 1. The fraction of sp³-hybridized carbons (Fsp3) is 0.364. The topological polar surface area (TPSA) is 49.7 Å². The van der Waals surface area contributed by atoms with Gasteiger partial charge in [-0.3, -0.25) is 0 Å². The molecule has 2 aromatic carbocycles. The zero-order valence-electron chi connectivity index (χ0n) is 15.6. The molecule has 1 heterocycles. The summed E-state index contributed by atoms with van der Waals surface area (Å²) in [5.74, 6) is 1.22. The van der Waals surface area contributed by atoms with Crippen LogP contribution in [0.4, 0.5) is 0 Å². The third-order valence-corrected chi connectivity index (χ3v) is 4.97. The van der Waals surface area contributed by atoms with Gasteiger partial charge < -0.3 is 14.9 Å². The average Bonchev–Trinajstić information content (AvgIpc) is 2.95. The maximum absolute atomic E-state index is 10.8. The lowest BCUT2D eigenvalue weighted by Crippen LogP contribution is -2.20. The van der Waals surface area contributed by atoms with E-state index < -0.39 is 0 Å². The van der Waals surface area contributed by atoms with Gasteiger partial charge in [0.1, 0.15) is 17.6 Å². The van der Waals surface area contributed by atoms with Crippen molar-refractivity contribution in [3.63, 3.8) is 0 Å². The van der Waals surface area contributed by atoms with Crippen molar-refractivity contribution in [3.8, 4) is 11.5 Å². The third kappa shape index (κ3) is 3.23. The van der Waals surface area contributed by atoms with Gasteiger partial charge in [0.05, 0.1) is 11.7 Å². The number of aryl methyl sites for hydroxylation is 4. The Hall–Kier alpha value is -2.42. The highest BCUT2D eigenvalue weighted by Crippen LogP contribution is 2.44. The SMILES string of the molecule is CC1=CCC(C(c2cc(C)cc(C)c2O)c2cc(C)cc(C)c2O)O1. The highest BCUT2D eigenvalue weighted by molar-refractivity contribution is 5.54. The number of hydrogen-bond donors (Lipinski definition) is 2. The second-order valence-corrected chi connectivity index (χ2v) is 7.22. The van der Waals surface area contributed by atoms with Crippen LogP contribution in [-0.2, 0) is 4.74 Å². The summed E-state index contributed by atoms with van der Waals surface area (Å²) < 4.78 is 6.04. The Morgan fingerprint density at radius 3 is 1.72 bits per heavy atom. The largest absolute Gasteiger partial charge is 0.507 e. The number of hydrogen-bond acceptors (Lipinski definition) is 3. The van der Waals surface area contributed by atoms with E-state index in [-0.39, 0.29) is 23.5 Å². The highest BCUT2D eigenvalue weighted by atomic mass is 16.5. The van der Waals surface area contributed by atoms with Crippen LogP contribution >= 0.6 is 0 Å². The predicted molar refractivity (Wildman–Crippen MR) is 100 cm³/mol. The number of phenolic OH excluding ortho intramolecular Hbond substituents is 2. The van der Waals surface area contributed by atoms with Crippen molar-refractivity contribution in [1.29, 1.82) is 0 Å². The van der Waals surface area contributed by atoms with E-state index in [1.807, 2.05) is 58.9 Å². The molecule has 2 N–H and O–H groups in total. The van der Waals surface area contributed by atoms with Crippen molar-refractivity contribution in [2.45, 2.75) is 53.1 Å². The van der Waals surface area contributed by atoms with Crippen molar-refractivity contribution < 1.29 is 14.9 Å². The molecule has 0 aromatic heterocycles. The summed E-state index contributed by atoms with van der Waals surface area (Å²) in [6, 6.07) is 7.94. The van der Waals surface area contributed by atoms with Crippen LogP contribution in [0.3, 0.4) is 0 Å². The molecule has 3 rings (SSSR count). The number of phenols is 2. The Labute approximate surface area is 149 Å². The van der Waals surface area contributed by atoms with Crippen molar-refractivity contribution in [2.24, 2.45) is 0 Å². The molecule has 1 aliphatic heterocycles. The van der Waals surface area contributed by atoms with Crippen molar-refractivity contribution in [2.75, 3.05) is 0 Å². The summed E-state index contributed by atoms with van der Waals surface area (Å²) >= 11 is 0. The Morgan fingerprint density at radius 2 is 1.32 bits per heavy atom. The summed E-state index contributed by atoms with van der Waals surface area (Å²) in [6.07, 6.45) is 2.69. The molecule has 2 aromatic rings. The fourth-order valence-corrected chi connectivity index (χ4v) is 3.85. The minimum atomic E-state index is -0.231. The Balaban J connectivity index is 2.22. The Kier molecular flexibility index (Phi) is 4.51. The first-order valence-corrected chi connectivity index (χ1v) is 8.71. The van der Waals surface area contributed by atoms with Crippen molar-refractivity contribution in [3.05, 3.63) is 69.5 Å². The summed E-state index contributed by atoms with van der Waals surface area (Å²) in [4.78, 5) is 0. The van der Waals surface area contributed by atoms with Gasteiger partial charge in [0, 0.05) is 17.5 Å². The molecule has 0 aliphatic carbocycles. The van der Waals surface area contributed by atoms with E-state index >= 15 is 0 Å². The molecule has 0 spiro atoms. The van der Waals surface area contributed by atoms with Crippen LogP contribution in [-0.4, -0.2) is 16.3 Å². The lowest BCUT2D eigenvalue weighted by molar-refractivity contribution is 0.128. The second kappa shape index (κ2) is 6.47.